The zero-order chi connectivity index (χ0) is 13.1. The monoisotopic (exact) mass is 243 g/mol. The highest BCUT2D eigenvalue weighted by Gasteiger charge is 2.43. The molecule has 100 valence electrons. The first-order chi connectivity index (χ1) is 7.79. The molecule has 1 fully saturated rings. The van der Waals surface area contributed by atoms with E-state index in [0.717, 1.165) is 12.8 Å². The van der Waals surface area contributed by atoms with Gasteiger partial charge in [-0.3, -0.25) is 4.79 Å². The maximum Gasteiger partial charge on any atom is 0.323 e. The van der Waals surface area contributed by atoms with Crippen LogP contribution in [-0.2, 0) is 9.53 Å². The fourth-order valence-corrected chi connectivity index (χ4v) is 2.59. The van der Waals surface area contributed by atoms with Gasteiger partial charge in [0.25, 0.3) is 0 Å². The Morgan fingerprint density at radius 1 is 1.53 bits per heavy atom. The quantitative estimate of drug-likeness (QED) is 0.794. The summed E-state index contributed by atoms with van der Waals surface area (Å²) in [7, 11) is 0. The Hall–Kier alpha value is -0.610. The van der Waals surface area contributed by atoms with Crippen LogP contribution in [0.3, 0.4) is 0 Å². The largest absolute Gasteiger partial charge is 0.480 e. The van der Waals surface area contributed by atoms with Crippen molar-refractivity contribution in [3.63, 3.8) is 0 Å². The molecule has 0 radical (unpaired) electrons. The Bertz CT molecular complexity index is 268. The van der Waals surface area contributed by atoms with Crippen LogP contribution in [0.15, 0.2) is 0 Å². The van der Waals surface area contributed by atoms with Gasteiger partial charge in [0.1, 0.15) is 5.54 Å². The number of hydrogen-bond donors (Lipinski definition) is 2. The van der Waals surface area contributed by atoms with E-state index in [0.29, 0.717) is 19.4 Å². The van der Waals surface area contributed by atoms with Gasteiger partial charge in [-0.15, -0.1) is 0 Å². The van der Waals surface area contributed by atoms with Gasteiger partial charge in [0.05, 0.1) is 11.7 Å². The van der Waals surface area contributed by atoms with Gasteiger partial charge in [-0.05, 0) is 46.6 Å². The summed E-state index contributed by atoms with van der Waals surface area (Å²) in [6.07, 6.45) is 3.16. The molecule has 1 aliphatic rings. The molecular formula is C13H25NO3. The van der Waals surface area contributed by atoms with Crippen molar-refractivity contribution in [1.29, 1.82) is 0 Å². The first-order valence-corrected chi connectivity index (χ1v) is 6.45. The molecule has 2 N–H and O–H groups in total. The van der Waals surface area contributed by atoms with E-state index in [4.69, 9.17) is 4.74 Å². The molecule has 4 heteroatoms. The molecule has 1 aliphatic carbocycles. The van der Waals surface area contributed by atoms with Crippen LogP contribution in [0.4, 0.5) is 0 Å². The summed E-state index contributed by atoms with van der Waals surface area (Å²) >= 11 is 0. The lowest BCUT2D eigenvalue weighted by atomic mass is 9.79. The zero-order valence-corrected chi connectivity index (χ0v) is 11.4. The van der Waals surface area contributed by atoms with Crippen molar-refractivity contribution in [2.24, 2.45) is 0 Å². The maximum absolute atomic E-state index is 11.5. The summed E-state index contributed by atoms with van der Waals surface area (Å²) < 4.78 is 5.93. The van der Waals surface area contributed by atoms with Crippen molar-refractivity contribution in [2.45, 2.75) is 70.6 Å². The topological polar surface area (TPSA) is 58.6 Å². The third-order valence-electron chi connectivity index (χ3n) is 3.15. The highest BCUT2D eigenvalue weighted by molar-refractivity contribution is 5.79. The van der Waals surface area contributed by atoms with Gasteiger partial charge >= 0.3 is 5.97 Å². The molecule has 2 atom stereocenters. The number of carboxylic acids is 1. The molecule has 0 saturated heterocycles. The van der Waals surface area contributed by atoms with Crippen molar-refractivity contribution in [3.8, 4) is 0 Å². The highest BCUT2D eigenvalue weighted by atomic mass is 16.5. The van der Waals surface area contributed by atoms with Gasteiger partial charge < -0.3 is 15.2 Å². The Morgan fingerprint density at radius 3 is 2.65 bits per heavy atom. The first kappa shape index (κ1) is 14.5. The van der Waals surface area contributed by atoms with E-state index in [2.05, 4.69) is 5.32 Å². The first-order valence-electron chi connectivity index (χ1n) is 6.45. The average Bonchev–Trinajstić information content (AvgIpc) is 2.15. The van der Waals surface area contributed by atoms with E-state index in [-0.39, 0.29) is 11.7 Å². The second-order valence-corrected chi connectivity index (χ2v) is 5.87. The zero-order valence-electron chi connectivity index (χ0n) is 11.4. The summed E-state index contributed by atoms with van der Waals surface area (Å²) in [6.45, 7) is 8.65. The maximum atomic E-state index is 11.5. The number of ether oxygens (including phenoxy) is 1. The lowest BCUT2D eigenvalue weighted by molar-refractivity contribution is -0.152. The van der Waals surface area contributed by atoms with Crippen molar-refractivity contribution in [3.05, 3.63) is 0 Å². The highest BCUT2D eigenvalue weighted by Crippen LogP contribution is 2.32. The minimum Gasteiger partial charge on any atom is -0.480 e. The van der Waals surface area contributed by atoms with Crippen LogP contribution in [0.5, 0.6) is 0 Å². The molecule has 0 aromatic heterocycles. The van der Waals surface area contributed by atoms with Crippen molar-refractivity contribution in [1.82, 2.24) is 5.32 Å². The average molecular weight is 243 g/mol. The Labute approximate surface area is 104 Å². The minimum atomic E-state index is -0.789. The van der Waals surface area contributed by atoms with Gasteiger partial charge in [0.2, 0.25) is 0 Å². The summed E-state index contributed by atoms with van der Waals surface area (Å²) in [4.78, 5) is 11.5. The van der Waals surface area contributed by atoms with E-state index in [9.17, 15) is 9.90 Å². The third kappa shape index (κ3) is 3.96. The van der Waals surface area contributed by atoms with Crippen LogP contribution in [0.1, 0.15) is 53.4 Å². The SMILES string of the molecule is CCNC1(C(=O)O)CCCC(OC(C)(C)C)C1. The smallest absolute Gasteiger partial charge is 0.323 e. The predicted octanol–water partition coefficient (Wildman–Crippen LogP) is 2.18. The molecule has 17 heavy (non-hydrogen) atoms. The summed E-state index contributed by atoms with van der Waals surface area (Å²) in [5, 5.41) is 12.6. The van der Waals surface area contributed by atoms with Gasteiger partial charge in [-0.1, -0.05) is 6.92 Å². The molecule has 4 nitrogen and oxygen atoms in total. The van der Waals surface area contributed by atoms with Crippen molar-refractivity contribution >= 4 is 5.97 Å². The summed E-state index contributed by atoms with van der Waals surface area (Å²) in [5.41, 5.74) is -0.999. The van der Waals surface area contributed by atoms with Gasteiger partial charge in [-0.25, -0.2) is 0 Å². The molecule has 0 aromatic carbocycles. The fourth-order valence-electron chi connectivity index (χ4n) is 2.59. The third-order valence-corrected chi connectivity index (χ3v) is 3.15. The minimum absolute atomic E-state index is 0.0406. The molecule has 1 rings (SSSR count). The molecule has 0 amide bonds. The van der Waals surface area contributed by atoms with Gasteiger partial charge in [0.15, 0.2) is 0 Å². The van der Waals surface area contributed by atoms with E-state index in [1.807, 2.05) is 27.7 Å². The predicted molar refractivity (Wildman–Crippen MR) is 67.1 cm³/mol. The lowest BCUT2D eigenvalue weighted by Gasteiger charge is -2.40. The number of carboxylic acid groups (broad SMARTS) is 1. The lowest BCUT2D eigenvalue weighted by Crippen LogP contribution is -2.56. The fraction of sp³-hybridized carbons (Fsp3) is 0.923. The molecule has 0 heterocycles. The summed E-state index contributed by atoms with van der Waals surface area (Å²) in [5.74, 6) is -0.749. The Balaban J connectivity index is 2.71. The van der Waals surface area contributed by atoms with Gasteiger partial charge in [0, 0.05) is 6.42 Å². The van der Waals surface area contributed by atoms with Crippen molar-refractivity contribution < 1.29 is 14.6 Å². The summed E-state index contributed by atoms with van der Waals surface area (Å²) in [6, 6.07) is 0. The number of likely N-dealkylation sites (N-methyl/N-ethyl adjacent to an activating group) is 1. The standard InChI is InChI=1S/C13H25NO3/c1-5-14-13(11(15)16)8-6-7-10(9-13)17-12(2,3)4/h10,14H,5-9H2,1-4H3,(H,15,16). The number of hydrogen-bond acceptors (Lipinski definition) is 3. The van der Waals surface area contributed by atoms with Crippen LogP contribution in [0, 0.1) is 0 Å². The van der Waals surface area contributed by atoms with Crippen LogP contribution in [0.25, 0.3) is 0 Å². The Morgan fingerprint density at radius 2 is 2.18 bits per heavy atom. The van der Waals surface area contributed by atoms with E-state index in [1.54, 1.807) is 0 Å². The van der Waals surface area contributed by atoms with Crippen LogP contribution in [-0.4, -0.2) is 34.9 Å². The molecule has 0 spiro atoms. The van der Waals surface area contributed by atoms with E-state index >= 15 is 0 Å². The Kier molecular flexibility index (Phi) is 4.55. The van der Waals surface area contributed by atoms with E-state index in [1.165, 1.54) is 0 Å². The number of carbonyl (C=O) groups is 1. The van der Waals surface area contributed by atoms with Crippen molar-refractivity contribution in [2.75, 3.05) is 6.54 Å². The molecule has 0 aliphatic heterocycles. The molecule has 2 unspecified atom stereocenters. The number of rotatable bonds is 4. The number of aliphatic carboxylic acids is 1. The molecule has 1 saturated carbocycles. The second-order valence-electron chi connectivity index (χ2n) is 5.87. The molecule has 0 aromatic rings. The van der Waals surface area contributed by atoms with Crippen LogP contribution >= 0.6 is 0 Å². The number of nitrogens with one attached hydrogen (secondary N) is 1. The van der Waals surface area contributed by atoms with E-state index < -0.39 is 11.5 Å². The van der Waals surface area contributed by atoms with Crippen LogP contribution in [0.2, 0.25) is 0 Å². The second kappa shape index (κ2) is 5.36. The normalized spacial score (nSPS) is 30.2. The molecular weight excluding hydrogens is 218 g/mol. The molecule has 0 bridgehead atoms. The van der Waals surface area contributed by atoms with Gasteiger partial charge in [-0.2, -0.15) is 0 Å². The van der Waals surface area contributed by atoms with Crippen LogP contribution < -0.4 is 5.32 Å².